The number of rotatable bonds is 5. The van der Waals surface area contributed by atoms with Gasteiger partial charge in [-0.05, 0) is 12.0 Å². The zero-order valence-electron chi connectivity index (χ0n) is 8.55. The molecule has 1 rings (SSSR count). The van der Waals surface area contributed by atoms with Crippen LogP contribution in [0.15, 0.2) is 24.3 Å². The van der Waals surface area contributed by atoms with Crippen molar-refractivity contribution < 1.29 is 9.66 Å². The van der Waals surface area contributed by atoms with E-state index in [0.29, 0.717) is 13.0 Å². The van der Waals surface area contributed by atoms with Gasteiger partial charge in [-0.25, -0.2) is 0 Å². The Labute approximate surface area is 88.0 Å². The number of ether oxygens (including phenoxy) is 1. The molecule has 0 fully saturated rings. The quantitative estimate of drug-likeness (QED) is 0.583. The summed E-state index contributed by atoms with van der Waals surface area (Å²) in [6, 6.07) is 6.35. The Kier molecular flexibility index (Phi) is 4.20. The van der Waals surface area contributed by atoms with Crippen molar-refractivity contribution in [1.82, 2.24) is 0 Å². The van der Waals surface area contributed by atoms with Crippen LogP contribution < -0.4 is 5.73 Å². The molecule has 82 valence electrons. The number of nitro groups is 1. The molecule has 0 amide bonds. The summed E-state index contributed by atoms with van der Waals surface area (Å²) in [6.07, 6.45) is 0.579. The summed E-state index contributed by atoms with van der Waals surface area (Å²) in [5.41, 5.74) is 6.70. The molecule has 0 aliphatic carbocycles. The molecule has 0 saturated carbocycles. The summed E-state index contributed by atoms with van der Waals surface area (Å²) in [5.74, 6) is 0. The highest BCUT2D eigenvalue weighted by Gasteiger charge is 2.08. The van der Waals surface area contributed by atoms with Gasteiger partial charge in [0.2, 0.25) is 0 Å². The Balaban J connectivity index is 2.69. The fourth-order valence-corrected chi connectivity index (χ4v) is 1.37. The molecule has 2 N–H and O–H groups in total. The van der Waals surface area contributed by atoms with Gasteiger partial charge >= 0.3 is 0 Å². The number of methoxy groups -OCH3 is 1. The van der Waals surface area contributed by atoms with Crippen LogP contribution in [0, 0.1) is 10.1 Å². The lowest BCUT2D eigenvalue weighted by molar-refractivity contribution is -0.384. The third-order valence-electron chi connectivity index (χ3n) is 2.00. The lowest BCUT2D eigenvalue weighted by atomic mass is 10.1. The van der Waals surface area contributed by atoms with E-state index in [1.807, 2.05) is 6.07 Å². The number of nitrogens with two attached hydrogens (primary N) is 1. The van der Waals surface area contributed by atoms with E-state index in [1.54, 1.807) is 13.2 Å². The molecule has 1 aromatic carbocycles. The second kappa shape index (κ2) is 5.43. The van der Waals surface area contributed by atoms with Gasteiger partial charge in [-0.2, -0.15) is 0 Å². The molecule has 1 aromatic rings. The minimum absolute atomic E-state index is 0.0946. The molecule has 0 aliphatic heterocycles. The minimum atomic E-state index is -0.411. The first-order valence-corrected chi connectivity index (χ1v) is 4.61. The van der Waals surface area contributed by atoms with Crippen LogP contribution in [0.5, 0.6) is 0 Å². The second-order valence-electron chi connectivity index (χ2n) is 3.35. The van der Waals surface area contributed by atoms with E-state index in [-0.39, 0.29) is 11.7 Å². The fraction of sp³-hybridized carbons (Fsp3) is 0.400. The molecular formula is C10H14N2O3. The Morgan fingerprint density at radius 2 is 2.33 bits per heavy atom. The first-order chi connectivity index (χ1) is 7.13. The van der Waals surface area contributed by atoms with Gasteiger partial charge in [0.05, 0.1) is 11.5 Å². The minimum Gasteiger partial charge on any atom is -0.383 e. The van der Waals surface area contributed by atoms with Crippen LogP contribution in [-0.4, -0.2) is 24.7 Å². The van der Waals surface area contributed by atoms with Crippen molar-refractivity contribution >= 4 is 5.69 Å². The van der Waals surface area contributed by atoms with E-state index < -0.39 is 4.92 Å². The second-order valence-corrected chi connectivity index (χ2v) is 3.35. The maximum Gasteiger partial charge on any atom is 0.269 e. The molecule has 0 bridgehead atoms. The first kappa shape index (κ1) is 11.6. The van der Waals surface area contributed by atoms with Crippen LogP contribution in [0.3, 0.4) is 0 Å². The normalized spacial score (nSPS) is 12.4. The monoisotopic (exact) mass is 210 g/mol. The standard InChI is InChI=1S/C10H14N2O3/c1-15-7-9(11)5-8-3-2-4-10(6-8)12(13)14/h2-4,6,9H,5,7,11H2,1H3/t9-/m0/s1. The Hall–Kier alpha value is -1.46. The van der Waals surface area contributed by atoms with Gasteiger partial charge in [-0.1, -0.05) is 12.1 Å². The Morgan fingerprint density at radius 1 is 1.60 bits per heavy atom. The van der Waals surface area contributed by atoms with Crippen molar-refractivity contribution in [2.45, 2.75) is 12.5 Å². The summed E-state index contributed by atoms with van der Waals surface area (Å²) < 4.78 is 4.89. The molecule has 0 heterocycles. The van der Waals surface area contributed by atoms with Gasteiger partial charge in [0, 0.05) is 25.3 Å². The van der Waals surface area contributed by atoms with Crippen LogP contribution in [0.4, 0.5) is 5.69 Å². The molecule has 5 nitrogen and oxygen atoms in total. The summed E-state index contributed by atoms with van der Waals surface area (Å²) >= 11 is 0. The number of non-ortho nitro benzene ring substituents is 1. The Morgan fingerprint density at radius 3 is 2.93 bits per heavy atom. The summed E-state index contributed by atoms with van der Waals surface area (Å²) in [4.78, 5) is 10.1. The van der Waals surface area contributed by atoms with E-state index in [4.69, 9.17) is 10.5 Å². The van der Waals surface area contributed by atoms with Gasteiger partial charge in [0.25, 0.3) is 5.69 Å². The third-order valence-corrected chi connectivity index (χ3v) is 2.00. The van der Waals surface area contributed by atoms with E-state index in [1.165, 1.54) is 12.1 Å². The molecule has 5 heteroatoms. The number of hydrogen-bond acceptors (Lipinski definition) is 4. The van der Waals surface area contributed by atoms with Crippen molar-refractivity contribution in [3.63, 3.8) is 0 Å². The molecule has 1 atom stereocenters. The largest absolute Gasteiger partial charge is 0.383 e. The van der Waals surface area contributed by atoms with Crippen LogP contribution in [-0.2, 0) is 11.2 Å². The van der Waals surface area contributed by atoms with Crippen LogP contribution in [0.25, 0.3) is 0 Å². The lowest BCUT2D eigenvalue weighted by Gasteiger charge is -2.09. The molecule has 0 unspecified atom stereocenters. The number of nitrogens with zero attached hydrogens (tertiary/aromatic N) is 1. The van der Waals surface area contributed by atoms with Gasteiger partial charge in [0.1, 0.15) is 0 Å². The number of nitro benzene ring substituents is 1. The van der Waals surface area contributed by atoms with Crippen molar-refractivity contribution in [2.24, 2.45) is 5.73 Å². The van der Waals surface area contributed by atoms with Crippen LogP contribution >= 0.6 is 0 Å². The van der Waals surface area contributed by atoms with Crippen LogP contribution in [0.2, 0.25) is 0 Å². The van der Waals surface area contributed by atoms with E-state index in [0.717, 1.165) is 5.56 Å². The predicted octanol–water partition coefficient (Wildman–Crippen LogP) is 1.11. The zero-order chi connectivity index (χ0) is 11.3. The topological polar surface area (TPSA) is 78.4 Å². The number of hydrogen-bond donors (Lipinski definition) is 1. The molecular weight excluding hydrogens is 196 g/mol. The maximum absolute atomic E-state index is 10.5. The van der Waals surface area contributed by atoms with Crippen molar-refractivity contribution in [1.29, 1.82) is 0 Å². The molecule has 0 aromatic heterocycles. The van der Waals surface area contributed by atoms with Crippen molar-refractivity contribution in [2.75, 3.05) is 13.7 Å². The van der Waals surface area contributed by atoms with Gasteiger partial charge in [-0.15, -0.1) is 0 Å². The smallest absolute Gasteiger partial charge is 0.269 e. The SMILES string of the molecule is COC[C@@H](N)Cc1cccc([N+](=O)[O-])c1. The molecule has 0 spiro atoms. The molecule has 15 heavy (non-hydrogen) atoms. The average molecular weight is 210 g/mol. The zero-order valence-corrected chi connectivity index (χ0v) is 8.55. The maximum atomic E-state index is 10.5. The molecule has 0 radical (unpaired) electrons. The third kappa shape index (κ3) is 3.65. The summed E-state index contributed by atoms with van der Waals surface area (Å²) in [6.45, 7) is 0.447. The fourth-order valence-electron chi connectivity index (χ4n) is 1.37. The van der Waals surface area contributed by atoms with Gasteiger partial charge in [-0.3, -0.25) is 10.1 Å². The average Bonchev–Trinajstić information content (AvgIpc) is 2.18. The summed E-state index contributed by atoms with van der Waals surface area (Å²) in [7, 11) is 1.58. The number of benzene rings is 1. The highest BCUT2D eigenvalue weighted by atomic mass is 16.6. The predicted molar refractivity (Wildman–Crippen MR) is 56.7 cm³/mol. The van der Waals surface area contributed by atoms with E-state index in [2.05, 4.69) is 0 Å². The van der Waals surface area contributed by atoms with E-state index >= 15 is 0 Å². The highest BCUT2D eigenvalue weighted by Crippen LogP contribution is 2.14. The molecule has 0 saturated heterocycles. The van der Waals surface area contributed by atoms with Gasteiger partial charge < -0.3 is 10.5 Å². The van der Waals surface area contributed by atoms with Crippen LogP contribution in [0.1, 0.15) is 5.56 Å². The Bertz CT molecular complexity index is 341. The first-order valence-electron chi connectivity index (χ1n) is 4.61. The van der Waals surface area contributed by atoms with Crippen molar-refractivity contribution in [3.05, 3.63) is 39.9 Å². The lowest BCUT2D eigenvalue weighted by Crippen LogP contribution is -2.27. The van der Waals surface area contributed by atoms with E-state index in [9.17, 15) is 10.1 Å². The van der Waals surface area contributed by atoms with Crippen molar-refractivity contribution in [3.8, 4) is 0 Å². The molecule has 0 aliphatic rings. The van der Waals surface area contributed by atoms with Gasteiger partial charge in [0.15, 0.2) is 0 Å². The highest BCUT2D eigenvalue weighted by molar-refractivity contribution is 5.34. The summed E-state index contributed by atoms with van der Waals surface area (Å²) in [5, 5.41) is 10.5.